The lowest BCUT2D eigenvalue weighted by molar-refractivity contribution is 0.0985. The predicted molar refractivity (Wildman–Crippen MR) is 74.3 cm³/mol. The number of primary amides is 2. The fourth-order valence-electron chi connectivity index (χ4n) is 1.06. The second-order valence-electron chi connectivity index (χ2n) is 2.73. The molecule has 2 amide bonds. The highest BCUT2D eigenvalue weighted by atomic mass is 79.9. The van der Waals surface area contributed by atoms with E-state index in [1.54, 1.807) is 0 Å². The molecule has 0 aliphatic carbocycles. The van der Waals surface area contributed by atoms with E-state index < -0.39 is 11.8 Å². The first-order valence-electron chi connectivity index (χ1n) is 3.74. The summed E-state index contributed by atoms with van der Waals surface area (Å²) in [6.45, 7) is 0. The van der Waals surface area contributed by atoms with Gasteiger partial charge in [-0.1, -0.05) is 0 Å². The second-order valence-corrected chi connectivity index (χ2v) is 5.91. The Bertz CT molecular complexity index is 427. The highest BCUT2D eigenvalue weighted by molar-refractivity contribution is 9.14. The van der Waals surface area contributed by atoms with Gasteiger partial charge >= 0.3 is 0 Å². The second kappa shape index (κ2) is 5.16. The van der Waals surface area contributed by atoms with Crippen LogP contribution < -0.4 is 11.5 Å². The Morgan fingerprint density at radius 2 is 0.875 bits per heavy atom. The Balaban J connectivity index is 3.77. The molecular formula is C8H4Br4N2O2. The van der Waals surface area contributed by atoms with E-state index in [0.29, 0.717) is 17.9 Å². The molecule has 0 bridgehead atoms. The zero-order valence-electron chi connectivity index (χ0n) is 7.48. The summed E-state index contributed by atoms with van der Waals surface area (Å²) in [5.74, 6) is -1.26. The van der Waals surface area contributed by atoms with Crippen LogP contribution in [0.5, 0.6) is 0 Å². The average molecular weight is 480 g/mol. The SMILES string of the molecule is NC(=O)c1c(Br)c(Br)c(C(N)=O)c(Br)c1Br. The van der Waals surface area contributed by atoms with Crippen molar-refractivity contribution in [3.63, 3.8) is 0 Å². The maximum Gasteiger partial charge on any atom is 0.251 e. The summed E-state index contributed by atoms with van der Waals surface area (Å²) in [6.07, 6.45) is 0. The molecule has 0 aromatic heterocycles. The van der Waals surface area contributed by atoms with E-state index in [9.17, 15) is 9.59 Å². The highest BCUT2D eigenvalue weighted by Crippen LogP contribution is 2.41. The van der Waals surface area contributed by atoms with Crippen LogP contribution >= 0.6 is 63.7 Å². The van der Waals surface area contributed by atoms with Gasteiger partial charge in [0, 0.05) is 17.9 Å². The Labute approximate surface area is 125 Å². The lowest BCUT2D eigenvalue weighted by Gasteiger charge is -2.12. The van der Waals surface area contributed by atoms with E-state index in [1.165, 1.54) is 0 Å². The quantitative estimate of drug-likeness (QED) is 0.639. The van der Waals surface area contributed by atoms with Gasteiger partial charge in [0.25, 0.3) is 11.8 Å². The summed E-state index contributed by atoms with van der Waals surface area (Å²) < 4.78 is 1.51. The fraction of sp³-hybridized carbons (Fsp3) is 0. The smallest absolute Gasteiger partial charge is 0.251 e. The summed E-state index contributed by atoms with van der Waals surface area (Å²) in [5, 5.41) is 0. The molecule has 86 valence electrons. The van der Waals surface area contributed by atoms with Gasteiger partial charge in [-0.15, -0.1) is 0 Å². The summed E-state index contributed by atoms with van der Waals surface area (Å²) in [6, 6.07) is 0. The van der Waals surface area contributed by atoms with Crippen molar-refractivity contribution in [1.82, 2.24) is 0 Å². The molecule has 16 heavy (non-hydrogen) atoms. The van der Waals surface area contributed by atoms with Gasteiger partial charge in [0.05, 0.1) is 11.1 Å². The van der Waals surface area contributed by atoms with E-state index in [0.717, 1.165) is 0 Å². The molecule has 0 radical (unpaired) electrons. The first-order chi connectivity index (χ1) is 7.29. The van der Waals surface area contributed by atoms with Crippen molar-refractivity contribution in [2.75, 3.05) is 0 Å². The van der Waals surface area contributed by atoms with E-state index in [1.807, 2.05) is 0 Å². The lowest BCUT2D eigenvalue weighted by Crippen LogP contribution is -2.18. The van der Waals surface area contributed by atoms with E-state index in [-0.39, 0.29) is 11.1 Å². The Hall–Kier alpha value is 0.0800. The summed E-state index contributed by atoms with van der Waals surface area (Å²) >= 11 is 12.7. The van der Waals surface area contributed by atoms with Gasteiger partial charge < -0.3 is 11.5 Å². The number of amides is 2. The minimum atomic E-state index is -0.629. The standard InChI is InChI=1S/C8H4Br4N2O2/c9-3-1(7(13)15)4(10)6(12)2(5(3)11)8(14)16/h(H2,13,15)(H2,14,16). The highest BCUT2D eigenvalue weighted by Gasteiger charge is 2.24. The van der Waals surface area contributed by atoms with Gasteiger partial charge in [-0.05, 0) is 63.7 Å². The number of nitrogens with two attached hydrogens (primary N) is 2. The van der Waals surface area contributed by atoms with Crippen LogP contribution in [0.4, 0.5) is 0 Å². The zero-order chi connectivity index (χ0) is 12.6. The normalized spacial score (nSPS) is 10.2. The van der Waals surface area contributed by atoms with Crippen LogP contribution in [0.15, 0.2) is 17.9 Å². The van der Waals surface area contributed by atoms with Gasteiger partial charge in [-0.3, -0.25) is 9.59 Å². The fourth-order valence-corrected chi connectivity index (χ4v) is 3.96. The molecule has 1 aromatic rings. The lowest BCUT2D eigenvalue weighted by atomic mass is 10.1. The van der Waals surface area contributed by atoms with Crippen LogP contribution in [0.1, 0.15) is 20.7 Å². The van der Waals surface area contributed by atoms with E-state index in [4.69, 9.17) is 11.5 Å². The summed E-state index contributed by atoms with van der Waals surface area (Å²) in [7, 11) is 0. The zero-order valence-corrected chi connectivity index (χ0v) is 13.8. The molecule has 0 aliphatic heterocycles. The van der Waals surface area contributed by atoms with Crippen LogP contribution in [0, 0.1) is 0 Å². The maximum absolute atomic E-state index is 11.2. The van der Waals surface area contributed by atoms with Crippen LogP contribution in [-0.2, 0) is 0 Å². The first kappa shape index (κ1) is 14.1. The van der Waals surface area contributed by atoms with Crippen LogP contribution in [0.25, 0.3) is 0 Å². The summed E-state index contributed by atoms with van der Waals surface area (Å²) in [4.78, 5) is 22.5. The third-order valence-corrected chi connectivity index (χ3v) is 5.99. The van der Waals surface area contributed by atoms with E-state index >= 15 is 0 Å². The molecule has 0 fully saturated rings. The molecule has 1 aromatic carbocycles. The largest absolute Gasteiger partial charge is 0.366 e. The molecule has 1 rings (SSSR count). The summed E-state index contributed by atoms with van der Waals surface area (Å²) in [5.41, 5.74) is 10.9. The van der Waals surface area contributed by atoms with Crippen molar-refractivity contribution >= 4 is 75.5 Å². The monoisotopic (exact) mass is 476 g/mol. The van der Waals surface area contributed by atoms with Crippen molar-refractivity contribution in [3.05, 3.63) is 29.0 Å². The minimum absolute atomic E-state index is 0.226. The minimum Gasteiger partial charge on any atom is -0.366 e. The van der Waals surface area contributed by atoms with Crippen molar-refractivity contribution in [2.24, 2.45) is 11.5 Å². The maximum atomic E-state index is 11.2. The number of benzene rings is 1. The molecule has 0 aliphatic rings. The molecule has 0 unspecified atom stereocenters. The molecule has 4 nitrogen and oxygen atoms in total. The molecule has 0 heterocycles. The van der Waals surface area contributed by atoms with Gasteiger partial charge in [0.15, 0.2) is 0 Å². The topological polar surface area (TPSA) is 86.2 Å². The van der Waals surface area contributed by atoms with Gasteiger partial charge in [-0.25, -0.2) is 0 Å². The number of rotatable bonds is 2. The van der Waals surface area contributed by atoms with Crippen LogP contribution in [0.2, 0.25) is 0 Å². The molecule has 0 saturated heterocycles. The van der Waals surface area contributed by atoms with Gasteiger partial charge in [0.2, 0.25) is 0 Å². The Kier molecular flexibility index (Phi) is 4.56. The molecule has 0 atom stereocenters. The molecule has 0 saturated carbocycles. The average Bonchev–Trinajstić information content (AvgIpc) is 2.14. The third-order valence-electron chi connectivity index (χ3n) is 1.76. The number of hydrogen-bond donors (Lipinski definition) is 2. The van der Waals surface area contributed by atoms with Crippen molar-refractivity contribution in [1.29, 1.82) is 0 Å². The molecule has 4 N–H and O–H groups in total. The Morgan fingerprint density at radius 3 is 1.00 bits per heavy atom. The van der Waals surface area contributed by atoms with Crippen molar-refractivity contribution < 1.29 is 9.59 Å². The number of carbonyl (C=O) groups excluding carboxylic acids is 2. The van der Waals surface area contributed by atoms with Crippen LogP contribution in [0.3, 0.4) is 0 Å². The number of carbonyl (C=O) groups is 2. The predicted octanol–water partition coefficient (Wildman–Crippen LogP) is 2.93. The van der Waals surface area contributed by atoms with Crippen molar-refractivity contribution in [2.45, 2.75) is 0 Å². The van der Waals surface area contributed by atoms with Gasteiger partial charge in [-0.2, -0.15) is 0 Å². The Morgan fingerprint density at radius 1 is 0.688 bits per heavy atom. The van der Waals surface area contributed by atoms with Crippen LogP contribution in [-0.4, -0.2) is 11.8 Å². The molecule has 8 heteroatoms. The van der Waals surface area contributed by atoms with Gasteiger partial charge in [0.1, 0.15) is 0 Å². The third kappa shape index (κ3) is 2.34. The van der Waals surface area contributed by atoms with E-state index in [2.05, 4.69) is 63.7 Å². The van der Waals surface area contributed by atoms with Crippen molar-refractivity contribution in [3.8, 4) is 0 Å². The number of halogens is 4. The molecule has 0 spiro atoms. The molecular weight excluding hydrogens is 476 g/mol. The number of hydrogen-bond acceptors (Lipinski definition) is 2. The first-order valence-corrected chi connectivity index (χ1v) is 6.91.